The summed E-state index contributed by atoms with van der Waals surface area (Å²) in [5, 5.41) is 4.56. The van der Waals surface area contributed by atoms with Crippen LogP contribution in [0, 0.1) is 0 Å². The molecule has 2 unspecified atom stereocenters. The highest BCUT2D eigenvalue weighted by Gasteiger charge is 2.31. The summed E-state index contributed by atoms with van der Waals surface area (Å²) >= 11 is 1.74. The van der Waals surface area contributed by atoms with Crippen molar-refractivity contribution in [2.75, 3.05) is 20.0 Å². The van der Waals surface area contributed by atoms with Crippen molar-refractivity contribution in [3.8, 4) is 11.5 Å². The van der Waals surface area contributed by atoms with Gasteiger partial charge in [0.05, 0.1) is 20.3 Å². The van der Waals surface area contributed by atoms with E-state index in [9.17, 15) is 0 Å². The molecule has 0 bridgehead atoms. The number of nitrogens with one attached hydrogen (secondary N) is 1. The summed E-state index contributed by atoms with van der Waals surface area (Å²) in [5.41, 5.74) is 2.38. The number of rotatable bonds is 5. The fourth-order valence-corrected chi connectivity index (χ4v) is 3.48. The Balaban J connectivity index is 0.00000225. The van der Waals surface area contributed by atoms with Gasteiger partial charge in [0.15, 0.2) is 5.17 Å². The van der Waals surface area contributed by atoms with Gasteiger partial charge in [0.1, 0.15) is 17.5 Å². The number of thioether (sulfide) groups is 1. The topological polar surface area (TPSA) is 42.9 Å². The Hall–Kier alpha value is -1.85. The van der Waals surface area contributed by atoms with Gasteiger partial charge in [-0.05, 0) is 41.1 Å². The average molecular weight is 379 g/mol. The number of hydrogen-bond acceptors (Lipinski definition) is 5. The van der Waals surface area contributed by atoms with Gasteiger partial charge < -0.3 is 14.8 Å². The Morgan fingerprint density at radius 1 is 0.920 bits per heavy atom. The van der Waals surface area contributed by atoms with Crippen LogP contribution in [0.2, 0.25) is 0 Å². The second kappa shape index (κ2) is 9.02. The minimum atomic E-state index is 0. The first-order valence-corrected chi connectivity index (χ1v) is 8.98. The molecule has 6 heteroatoms. The van der Waals surface area contributed by atoms with E-state index in [4.69, 9.17) is 14.5 Å². The molecule has 0 aromatic heterocycles. The highest BCUT2D eigenvalue weighted by molar-refractivity contribution is 8.13. The van der Waals surface area contributed by atoms with Crippen LogP contribution in [-0.4, -0.2) is 25.1 Å². The summed E-state index contributed by atoms with van der Waals surface area (Å²) in [6.07, 6.45) is 0. The summed E-state index contributed by atoms with van der Waals surface area (Å²) in [5.74, 6) is 2.72. The van der Waals surface area contributed by atoms with Crippen LogP contribution in [0.25, 0.3) is 0 Å². The van der Waals surface area contributed by atoms with E-state index in [0.29, 0.717) is 0 Å². The van der Waals surface area contributed by atoms with Gasteiger partial charge in [0.2, 0.25) is 0 Å². The number of nitrogens with zero attached hydrogens (tertiary/aromatic N) is 1. The van der Waals surface area contributed by atoms with Crippen LogP contribution in [0.15, 0.2) is 53.5 Å². The van der Waals surface area contributed by atoms with Gasteiger partial charge in [-0.1, -0.05) is 43.0 Å². The van der Waals surface area contributed by atoms with Crippen LogP contribution in [0.4, 0.5) is 0 Å². The first-order valence-electron chi connectivity index (χ1n) is 8.00. The number of methoxy groups -OCH3 is 2. The molecular formula is C19H23ClN2O2S. The molecule has 2 aromatic rings. The lowest BCUT2D eigenvalue weighted by molar-refractivity contribution is 0.414. The van der Waals surface area contributed by atoms with Gasteiger partial charge in [-0.15, -0.1) is 12.4 Å². The van der Waals surface area contributed by atoms with E-state index >= 15 is 0 Å². The van der Waals surface area contributed by atoms with Crippen LogP contribution in [0.3, 0.4) is 0 Å². The van der Waals surface area contributed by atoms with E-state index in [1.807, 2.05) is 24.3 Å². The molecule has 1 N–H and O–H groups in total. The van der Waals surface area contributed by atoms with Crippen LogP contribution < -0.4 is 14.8 Å². The van der Waals surface area contributed by atoms with Crippen LogP contribution >= 0.6 is 24.2 Å². The zero-order chi connectivity index (χ0) is 16.9. The third-order valence-electron chi connectivity index (χ3n) is 4.06. The summed E-state index contributed by atoms with van der Waals surface area (Å²) in [6, 6.07) is 16.5. The lowest BCUT2D eigenvalue weighted by Crippen LogP contribution is -2.22. The molecule has 3 rings (SSSR count). The minimum Gasteiger partial charge on any atom is -0.497 e. The summed E-state index contributed by atoms with van der Waals surface area (Å²) < 4.78 is 10.5. The lowest BCUT2D eigenvalue weighted by Gasteiger charge is -2.20. The third kappa shape index (κ3) is 4.41. The van der Waals surface area contributed by atoms with Gasteiger partial charge in [0.25, 0.3) is 0 Å². The Bertz CT molecular complexity index is 704. The molecule has 0 saturated heterocycles. The van der Waals surface area contributed by atoms with Crippen molar-refractivity contribution in [2.45, 2.75) is 19.0 Å². The second-order valence-corrected chi connectivity index (χ2v) is 6.73. The van der Waals surface area contributed by atoms with Gasteiger partial charge >= 0.3 is 0 Å². The number of aliphatic imine (C=N–C) groups is 1. The molecular weight excluding hydrogens is 356 g/mol. The molecule has 1 heterocycles. The van der Waals surface area contributed by atoms with Crippen molar-refractivity contribution in [2.24, 2.45) is 4.99 Å². The number of halogens is 1. The largest absolute Gasteiger partial charge is 0.497 e. The molecule has 0 fully saturated rings. The smallest absolute Gasteiger partial charge is 0.157 e. The molecule has 0 spiro atoms. The van der Waals surface area contributed by atoms with Crippen molar-refractivity contribution >= 4 is 29.3 Å². The standard InChI is InChI=1S/C19H22N2O2S.ClH/c1-4-24-19-20-17(13-5-9-15(22-2)10-6-13)18(21-19)14-7-11-16(23-3)12-8-14;/h5-12,17-18H,4H2,1-3H3,(H,20,21);1H. The number of amidine groups is 1. The number of hydrogen-bond donors (Lipinski definition) is 1. The molecule has 1 aliphatic rings. The van der Waals surface area contributed by atoms with Gasteiger partial charge in [-0.3, -0.25) is 4.99 Å². The molecule has 0 radical (unpaired) electrons. The zero-order valence-electron chi connectivity index (χ0n) is 14.6. The van der Waals surface area contributed by atoms with Crippen molar-refractivity contribution < 1.29 is 9.47 Å². The van der Waals surface area contributed by atoms with Gasteiger partial charge in [0, 0.05) is 0 Å². The van der Waals surface area contributed by atoms with Crippen LogP contribution in [0.1, 0.15) is 30.1 Å². The fourth-order valence-electron chi connectivity index (χ4n) is 2.81. The molecule has 4 nitrogen and oxygen atoms in total. The first kappa shape index (κ1) is 19.5. The summed E-state index contributed by atoms with van der Waals surface area (Å²) in [4.78, 5) is 4.90. The van der Waals surface area contributed by atoms with Crippen molar-refractivity contribution in [1.82, 2.24) is 5.32 Å². The molecule has 2 aromatic carbocycles. The van der Waals surface area contributed by atoms with E-state index < -0.39 is 0 Å². The minimum absolute atomic E-state index is 0. The average Bonchev–Trinajstić information content (AvgIpc) is 3.06. The Morgan fingerprint density at radius 2 is 1.44 bits per heavy atom. The van der Waals surface area contributed by atoms with E-state index in [1.54, 1.807) is 26.0 Å². The van der Waals surface area contributed by atoms with E-state index in [0.717, 1.165) is 22.4 Å². The normalized spacial score (nSPS) is 18.8. The molecule has 0 amide bonds. The van der Waals surface area contributed by atoms with Crippen LogP contribution in [0.5, 0.6) is 11.5 Å². The first-order chi connectivity index (χ1) is 11.7. The van der Waals surface area contributed by atoms with Crippen molar-refractivity contribution in [1.29, 1.82) is 0 Å². The monoisotopic (exact) mass is 378 g/mol. The Morgan fingerprint density at radius 3 is 1.92 bits per heavy atom. The quantitative estimate of drug-likeness (QED) is 0.824. The van der Waals surface area contributed by atoms with Crippen LogP contribution in [-0.2, 0) is 0 Å². The molecule has 2 atom stereocenters. The van der Waals surface area contributed by atoms with E-state index in [-0.39, 0.29) is 24.5 Å². The summed E-state index contributed by atoms with van der Waals surface area (Å²) in [6.45, 7) is 2.14. The second-order valence-electron chi connectivity index (χ2n) is 5.48. The zero-order valence-corrected chi connectivity index (χ0v) is 16.2. The molecule has 134 valence electrons. The lowest BCUT2D eigenvalue weighted by atomic mass is 9.95. The highest BCUT2D eigenvalue weighted by Crippen LogP contribution is 2.38. The molecule has 0 saturated carbocycles. The maximum atomic E-state index is 5.26. The van der Waals surface area contributed by atoms with Gasteiger partial charge in [-0.2, -0.15) is 0 Å². The van der Waals surface area contributed by atoms with Crippen molar-refractivity contribution in [3.05, 3.63) is 59.7 Å². The van der Waals surface area contributed by atoms with Gasteiger partial charge in [-0.25, -0.2) is 0 Å². The predicted octanol–water partition coefficient (Wildman–Crippen LogP) is 4.62. The molecule has 0 aliphatic carbocycles. The Kier molecular flexibility index (Phi) is 7.02. The number of ether oxygens (including phenoxy) is 2. The van der Waals surface area contributed by atoms with Crippen molar-refractivity contribution in [3.63, 3.8) is 0 Å². The Labute approximate surface area is 159 Å². The van der Waals surface area contributed by atoms with E-state index in [2.05, 4.69) is 36.5 Å². The molecule has 1 aliphatic heterocycles. The predicted molar refractivity (Wildman–Crippen MR) is 107 cm³/mol. The number of benzene rings is 2. The summed E-state index contributed by atoms with van der Waals surface area (Å²) in [7, 11) is 3.36. The SMILES string of the molecule is CCSC1=NC(c2ccc(OC)cc2)C(c2ccc(OC)cc2)N1.Cl. The van der Waals surface area contributed by atoms with E-state index in [1.165, 1.54) is 11.1 Å². The fraction of sp³-hybridized carbons (Fsp3) is 0.316. The molecule has 25 heavy (non-hydrogen) atoms. The maximum Gasteiger partial charge on any atom is 0.157 e. The highest BCUT2D eigenvalue weighted by atomic mass is 35.5. The third-order valence-corrected chi connectivity index (χ3v) is 4.85. The maximum absolute atomic E-state index is 5.26.